The molecule has 6 aliphatic heterocycles. The maximum absolute atomic E-state index is 12.0. The molecular formula is C63H62O23S9. The maximum atomic E-state index is 12.0. The number of fused-ring (bicyclic) bond motifs is 3. The van der Waals surface area contributed by atoms with Gasteiger partial charge in [0.25, 0.3) is 30.4 Å². The van der Waals surface area contributed by atoms with E-state index in [1.807, 2.05) is 5.38 Å². The van der Waals surface area contributed by atoms with Crippen molar-refractivity contribution < 1.29 is 103 Å². The van der Waals surface area contributed by atoms with Gasteiger partial charge in [0.15, 0.2) is 34.0 Å². The van der Waals surface area contributed by atoms with Crippen LogP contribution in [0.4, 0.5) is 0 Å². The van der Waals surface area contributed by atoms with E-state index < -0.39 is 78.1 Å². The molecule has 0 amide bonds. The number of hydrogen-bond acceptors (Lipinski definition) is 22. The highest BCUT2D eigenvalue weighted by atomic mass is 32.2. The van der Waals surface area contributed by atoms with Crippen LogP contribution in [0, 0.1) is 0 Å². The van der Waals surface area contributed by atoms with Crippen molar-refractivity contribution in [2.45, 2.75) is 98.2 Å². The van der Waals surface area contributed by atoms with Crippen LogP contribution in [0.5, 0.6) is 23.0 Å². The summed E-state index contributed by atoms with van der Waals surface area (Å²) < 4.78 is 221. The molecule has 5 unspecified atom stereocenters. The van der Waals surface area contributed by atoms with Gasteiger partial charge in [0.05, 0.1) is 37.7 Å². The van der Waals surface area contributed by atoms with Gasteiger partial charge >= 0.3 is 0 Å². The van der Waals surface area contributed by atoms with Crippen molar-refractivity contribution >= 4 is 107 Å². The second-order valence-corrected chi connectivity index (χ2v) is 34.1. The molecule has 6 aliphatic rings. The summed E-state index contributed by atoms with van der Waals surface area (Å²) in [6.45, 7) is 4.52. The average Bonchev–Trinajstić information content (AvgIpc) is 1.58. The zero-order valence-corrected chi connectivity index (χ0v) is 57.5. The van der Waals surface area contributed by atoms with Crippen LogP contribution < -0.4 is 28.0 Å². The van der Waals surface area contributed by atoms with Gasteiger partial charge in [0.2, 0.25) is 21.7 Å². The topological polar surface area (TPSA) is 351 Å². The van der Waals surface area contributed by atoms with Gasteiger partial charge in [-0.3, -0.25) is 13.7 Å². The van der Waals surface area contributed by atoms with E-state index in [1.54, 1.807) is 22.7 Å². The second-order valence-electron chi connectivity index (χ2n) is 22.8. The lowest BCUT2D eigenvalue weighted by atomic mass is 9.76. The lowest BCUT2D eigenvalue weighted by molar-refractivity contribution is -0.103. The van der Waals surface area contributed by atoms with Crippen LogP contribution in [0.2, 0.25) is 0 Å². The normalized spacial score (nSPS) is 20.9. The molecule has 3 N–H and O–H groups in total. The van der Waals surface area contributed by atoms with Crippen molar-refractivity contribution in [2.24, 2.45) is 0 Å². The Morgan fingerprint density at radius 3 is 1.42 bits per heavy atom. The first kappa shape index (κ1) is 68.9. The van der Waals surface area contributed by atoms with E-state index in [4.69, 9.17) is 37.9 Å². The fourth-order valence-corrected chi connectivity index (χ4v) is 20.2. The fourth-order valence-electron chi connectivity index (χ4n) is 12.2. The lowest BCUT2D eigenvalue weighted by Crippen LogP contribution is -2.37. The Hall–Kier alpha value is -6.05. The molecule has 2 fully saturated rings. The molecule has 2 saturated heterocycles. The second kappa shape index (κ2) is 28.4. The Bertz CT molecular complexity index is 4590. The van der Waals surface area contributed by atoms with Crippen LogP contribution >= 0.6 is 22.7 Å². The third kappa shape index (κ3) is 15.9. The van der Waals surface area contributed by atoms with Crippen LogP contribution in [-0.4, -0.2) is 136 Å². The molecule has 32 heteroatoms. The van der Waals surface area contributed by atoms with Crippen LogP contribution in [0.1, 0.15) is 81.4 Å². The highest BCUT2D eigenvalue weighted by Crippen LogP contribution is 2.53. The van der Waals surface area contributed by atoms with E-state index in [9.17, 15) is 64.9 Å². The highest BCUT2D eigenvalue weighted by Gasteiger charge is 2.50. The molecule has 0 aliphatic carbocycles. The third-order valence-corrected chi connectivity index (χ3v) is 26.6. The highest BCUT2D eigenvalue weighted by molar-refractivity contribution is 7.90. The number of thiophene rings is 2. The van der Waals surface area contributed by atoms with E-state index in [1.165, 1.54) is 138 Å². The summed E-state index contributed by atoms with van der Waals surface area (Å²) in [6.07, 6.45) is 2.19. The van der Waals surface area contributed by atoms with Crippen LogP contribution in [0.25, 0.3) is 9.81 Å². The largest absolute Gasteiger partial charge is 0.744 e. The minimum absolute atomic E-state index is 0.00632. The molecule has 0 spiro atoms. The Kier molecular flexibility index (Phi) is 20.6. The number of ether oxygens (including phenoxy) is 8. The molecule has 5 atom stereocenters. The first-order valence-corrected chi connectivity index (χ1v) is 40.6. The SMILES string of the molecule is O=S(=O)([O-])c1ccc(C(CCc2ccc(S(=O)(=O)O)cc2)CC(CC(CCc2ccc(S(=O)(=O)O)cc2)c2ccc(S(=O)(=O)[O-])cc2)c2ccc(S(=O)(=O)O)cc2)cc1.c1sc(C2[SH+]/C(=c3/s/c(=C4/[SH+]CC5OCCOC45)c4c3OCCO4)C3=C2OCCO3)c2c1OCCO2. The van der Waals surface area contributed by atoms with Crippen molar-refractivity contribution in [3.63, 3.8) is 0 Å². The first-order chi connectivity index (χ1) is 45.2. The van der Waals surface area contributed by atoms with Gasteiger partial charge in [0.1, 0.15) is 85.7 Å². The standard InChI is InChI=1S/C39H40O15S5.C24H22O8S4/c40-55(41,42)35-15-3-27(4-16-35)1-7-32(29-9-19-37(20-10-29)57(46,47)48)25-34(31-13-23-39(24-14-31)59(52,53)54)26-33(30-11-21-38(22-12-30)58(49,50)51)8-2-28-5-17-36(18-6-28)56(43,44)45;1-3-27-13-11(25-1)9-33-19(13)21-15-17(31-7-5-29-15)23(35-21)24-18-16(30-6-8-32-18)22(36-24)20-14-12(10-34-20)26-2-4-28-14/h3-6,9-24,32-34H,1-2,7-8,25-26H2,(H,40,41,42)(H,43,44,45)(H,46,47,48)(H,49,50,51)(H,52,53,54);9,12,14,21H,1-8,10H2/b;22-20+,24-23+. The quantitative estimate of drug-likeness (QED) is 0.0419. The first-order valence-electron chi connectivity index (χ1n) is 29.7. The van der Waals surface area contributed by atoms with Crippen molar-refractivity contribution in [1.82, 2.24) is 0 Å². The molecule has 2 aromatic heterocycles. The molecule has 95 heavy (non-hydrogen) atoms. The van der Waals surface area contributed by atoms with Crippen LogP contribution in [0.3, 0.4) is 0 Å². The fraction of sp³-hybridized carbons (Fsp3) is 0.333. The van der Waals surface area contributed by atoms with Crippen LogP contribution in [-0.2, 0) is 106 Å². The summed E-state index contributed by atoms with van der Waals surface area (Å²) in [5.74, 6) is 4.67. The predicted octanol–water partition coefficient (Wildman–Crippen LogP) is 6.94. The Balaban J connectivity index is 0.000000202. The summed E-state index contributed by atoms with van der Waals surface area (Å²) in [6, 6.07) is 27.4. The van der Waals surface area contributed by atoms with Crippen molar-refractivity contribution in [3.05, 3.63) is 180 Å². The van der Waals surface area contributed by atoms with Crippen LogP contribution in [0.15, 0.2) is 163 Å². The summed E-state index contributed by atoms with van der Waals surface area (Å²) >= 11 is 5.66. The van der Waals surface area contributed by atoms with E-state index in [0.717, 1.165) is 70.9 Å². The number of rotatable bonds is 19. The predicted molar refractivity (Wildman–Crippen MR) is 352 cm³/mol. The molecule has 506 valence electrons. The maximum Gasteiger partial charge on any atom is 0.294 e. The summed E-state index contributed by atoms with van der Waals surface area (Å²) in [7, 11) is -23.0. The van der Waals surface area contributed by atoms with E-state index in [0.29, 0.717) is 119 Å². The summed E-state index contributed by atoms with van der Waals surface area (Å²) in [5, 5.41) is 2.02. The summed E-state index contributed by atoms with van der Waals surface area (Å²) in [4.78, 5) is 1.55. The molecule has 0 saturated carbocycles. The molecule has 0 radical (unpaired) electrons. The number of thiol groups is 2. The number of aryl methyl sites for hydroxylation is 2. The monoisotopic (exact) mass is 1470 g/mol. The molecule has 0 bridgehead atoms. The van der Waals surface area contributed by atoms with Gasteiger partial charge in [-0.1, -0.05) is 60.7 Å². The van der Waals surface area contributed by atoms with Crippen molar-refractivity contribution in [2.75, 3.05) is 58.6 Å². The minimum atomic E-state index is -4.79. The Labute approximate surface area is 564 Å². The van der Waals surface area contributed by atoms with Gasteiger partial charge < -0.3 is 47.0 Å². The zero-order chi connectivity index (χ0) is 67.0. The van der Waals surface area contributed by atoms with Gasteiger partial charge in [0, 0.05) is 28.9 Å². The smallest absolute Gasteiger partial charge is 0.294 e. The number of hydrogen-bond donors (Lipinski definition) is 3. The summed E-state index contributed by atoms with van der Waals surface area (Å²) in [5.41, 5.74) is 3.28. The molecule has 8 heterocycles. The molecule has 13 rings (SSSR count). The molecule has 23 nitrogen and oxygen atoms in total. The van der Waals surface area contributed by atoms with Gasteiger partial charge in [-0.15, -0.1) is 22.7 Å². The van der Waals surface area contributed by atoms with E-state index in [2.05, 4.69) is 0 Å². The zero-order valence-electron chi connectivity index (χ0n) is 50.0. The van der Waals surface area contributed by atoms with Gasteiger partial charge in [-0.2, -0.15) is 25.3 Å². The van der Waals surface area contributed by atoms with E-state index >= 15 is 0 Å². The third-order valence-electron chi connectivity index (χ3n) is 16.8. The molecule has 5 aromatic carbocycles. The van der Waals surface area contributed by atoms with Gasteiger partial charge in [-0.25, -0.2) is 16.8 Å². The van der Waals surface area contributed by atoms with Gasteiger partial charge in [-0.05, 0) is 145 Å². The minimum Gasteiger partial charge on any atom is -0.744 e. The van der Waals surface area contributed by atoms with E-state index in [-0.39, 0.29) is 32.1 Å². The van der Waals surface area contributed by atoms with Crippen molar-refractivity contribution in [3.8, 4) is 23.0 Å². The Morgan fingerprint density at radius 2 is 0.916 bits per heavy atom. The molecule has 7 aromatic rings. The molecular weight excluding hydrogens is 1410 g/mol. The average molecular weight is 1480 g/mol. The number of benzene rings is 5. The Morgan fingerprint density at radius 1 is 0.484 bits per heavy atom. The lowest BCUT2D eigenvalue weighted by Gasteiger charge is -2.29. The van der Waals surface area contributed by atoms with Crippen molar-refractivity contribution in [1.29, 1.82) is 0 Å².